The first kappa shape index (κ1) is 63.2. The van der Waals surface area contributed by atoms with Crippen molar-refractivity contribution in [1.82, 2.24) is 49.8 Å². The van der Waals surface area contributed by atoms with Gasteiger partial charge in [0.05, 0.1) is 85.6 Å². The molecule has 0 aliphatic carbocycles. The Bertz CT molecular complexity index is 3600. The Kier molecular flexibility index (Phi) is 24.4. The van der Waals surface area contributed by atoms with Crippen molar-refractivity contribution in [1.29, 1.82) is 0 Å². The number of rotatable bonds is 10. The van der Waals surface area contributed by atoms with Gasteiger partial charge >= 0.3 is 83.1 Å². The Hall–Kier alpha value is -6.98. The zero-order chi connectivity index (χ0) is 58.6. The fraction of sp³-hybridized carbons (Fsp3) is 0.153. The molecule has 0 atom stereocenters. The van der Waals surface area contributed by atoms with Gasteiger partial charge in [-0.25, -0.2) is 14.4 Å². The van der Waals surface area contributed by atoms with E-state index in [-0.39, 0.29) is 0 Å². The summed E-state index contributed by atoms with van der Waals surface area (Å²) < 4.78 is 53.2. The summed E-state index contributed by atoms with van der Waals surface area (Å²) in [5.41, 5.74) is 16.5. The molecule has 81 heavy (non-hydrogen) atoms. The van der Waals surface area contributed by atoms with Crippen molar-refractivity contribution in [3.63, 3.8) is 0 Å². The van der Waals surface area contributed by atoms with Crippen LogP contribution in [-0.2, 0) is 0 Å². The van der Waals surface area contributed by atoms with Crippen molar-refractivity contribution in [2.75, 3.05) is 0 Å². The molecule has 0 spiro atoms. The Morgan fingerprint density at radius 1 is 0.358 bits per heavy atom. The predicted octanol–water partition coefficient (Wildman–Crippen LogP) is 9.74. The number of aryl methyl sites for hydroxylation is 9. The standard InChI is InChI=1S/C13H14N2O.2C12H12N2O.2C11H9FN2O.5Al.5H/c1-8-4-9(2)13(15-6-8)11-7-14-10(3)5-12(11)16;1-8-4-3-5-13-12(8)10-7-14-9(2)6-11(10)15;1-8-7-11(15)12(9(2)14-8)10-5-3-4-6-13-10;1-7-2-3-9(13-5-7)11-10(15)4-8(12)6-14-11;1-7-6-9(15)10(11(12)14-7)8-4-2-3-5-13-8;;;;;;;;;;/h4-7H,1-3H3,(H,14,16);2*3-7H,1-2H3,(H,14,15);2-6,15H,1H3;2-6H,1H3,(H,14,15);;;;;;;;;;/q;;;;;5*+1;;;;;/p-5. The molecule has 401 valence electrons. The Balaban J connectivity index is 0.000000163. The minimum absolute atomic E-state index is 0.307. The highest BCUT2D eigenvalue weighted by Crippen LogP contribution is 2.34. The number of pyridine rings is 10. The number of nitrogens with zero attached hydrogens (tertiary/aromatic N) is 10. The normalized spacial score (nSPS) is 10.2. The van der Waals surface area contributed by atoms with E-state index in [9.17, 15) is 8.78 Å². The van der Waals surface area contributed by atoms with E-state index in [4.69, 9.17) is 18.9 Å². The molecular weight excluding hydrogens is 1100 g/mol. The van der Waals surface area contributed by atoms with Crippen molar-refractivity contribution in [2.24, 2.45) is 0 Å². The van der Waals surface area contributed by atoms with E-state index in [1.165, 1.54) is 89.2 Å². The second kappa shape index (κ2) is 31.3. The summed E-state index contributed by atoms with van der Waals surface area (Å²) in [4.78, 5) is 42.3. The molecule has 0 saturated heterocycles. The summed E-state index contributed by atoms with van der Waals surface area (Å²) in [5.74, 6) is 2.37. The predicted molar refractivity (Wildman–Crippen MR) is 319 cm³/mol. The molecular formula is C59H56Al5F2N10O5. The summed E-state index contributed by atoms with van der Waals surface area (Å²) >= 11 is 6.98. The lowest BCUT2D eigenvalue weighted by atomic mass is 10.1. The smallest absolute Gasteiger partial charge is 0.494 e. The highest BCUT2D eigenvalue weighted by molar-refractivity contribution is 6.02. The van der Waals surface area contributed by atoms with E-state index < -0.39 is 11.8 Å². The third-order valence-electron chi connectivity index (χ3n) is 11.7. The molecule has 0 aromatic carbocycles. The molecule has 0 amide bonds. The molecule has 10 rings (SSSR count). The van der Waals surface area contributed by atoms with E-state index >= 15 is 0 Å². The van der Waals surface area contributed by atoms with E-state index in [1.54, 1.807) is 56.0 Å². The third-order valence-corrected chi connectivity index (χ3v) is 13.2. The maximum absolute atomic E-state index is 13.8. The summed E-state index contributed by atoms with van der Waals surface area (Å²) in [6.45, 7) is 17.6. The number of hydrogen-bond acceptors (Lipinski definition) is 15. The molecule has 0 fully saturated rings. The van der Waals surface area contributed by atoms with Gasteiger partial charge in [0.25, 0.3) is 0 Å². The van der Waals surface area contributed by atoms with Crippen LogP contribution in [0.1, 0.15) is 50.7 Å². The van der Waals surface area contributed by atoms with Gasteiger partial charge in [0.2, 0.25) is 5.95 Å². The minimum Gasteiger partial charge on any atom is -0.650 e. The Labute approximate surface area is 513 Å². The van der Waals surface area contributed by atoms with Crippen LogP contribution in [-0.4, -0.2) is 133 Å². The van der Waals surface area contributed by atoms with Crippen LogP contribution in [0.5, 0.6) is 28.7 Å². The molecule has 5 radical (unpaired) electrons. The lowest BCUT2D eigenvalue weighted by Crippen LogP contribution is -1.98. The fourth-order valence-corrected chi connectivity index (χ4v) is 9.10. The van der Waals surface area contributed by atoms with Gasteiger partial charge in [0.15, 0.2) is 0 Å². The SMILES string of the molecule is Cc1cc([O][AlH])c(-c2ccccn2)c(C)n1.Cc1cc([O][AlH])c(-c2ccccn2)c(F)n1.Cc1cc([O][AlH])c(-c2ncccc2C)cn1.Cc1ccc(-c2ncc(F)cc2[O][AlH])nc1.Cc1cnc(-c2cnc(C)cc2[O][AlH])c(C)c1. The van der Waals surface area contributed by atoms with Crippen LogP contribution in [0.2, 0.25) is 0 Å². The average molecular weight is 1160 g/mol. The largest absolute Gasteiger partial charge is 0.650 e. The van der Waals surface area contributed by atoms with Gasteiger partial charge in [-0.2, -0.15) is 4.39 Å². The van der Waals surface area contributed by atoms with E-state index in [0.29, 0.717) is 39.8 Å². The van der Waals surface area contributed by atoms with E-state index in [2.05, 4.69) is 62.8 Å². The molecule has 10 aromatic heterocycles. The third kappa shape index (κ3) is 17.8. The topological polar surface area (TPSA) is 175 Å². The molecule has 10 aromatic rings. The van der Waals surface area contributed by atoms with Crippen LogP contribution >= 0.6 is 0 Å². The molecule has 0 aliphatic heterocycles. The molecule has 10 heterocycles. The Morgan fingerprint density at radius 3 is 1.38 bits per heavy atom. The minimum atomic E-state index is -0.555. The highest BCUT2D eigenvalue weighted by atomic mass is 27.1. The molecule has 15 nitrogen and oxygen atoms in total. The lowest BCUT2D eigenvalue weighted by Gasteiger charge is -2.13. The molecule has 0 bridgehead atoms. The van der Waals surface area contributed by atoms with Gasteiger partial charge in [-0.15, -0.1) is 0 Å². The van der Waals surface area contributed by atoms with Gasteiger partial charge in [0.1, 0.15) is 17.3 Å². The summed E-state index contributed by atoms with van der Waals surface area (Å²) in [5, 5.41) is 0. The number of aromatic nitrogens is 10. The van der Waals surface area contributed by atoms with Gasteiger partial charge in [-0.05, 0) is 145 Å². The number of hydrogen-bond donors (Lipinski definition) is 0. The van der Waals surface area contributed by atoms with Crippen molar-refractivity contribution in [2.45, 2.75) is 62.3 Å². The lowest BCUT2D eigenvalue weighted by molar-refractivity contribution is 0.558. The van der Waals surface area contributed by atoms with Crippen LogP contribution in [0.25, 0.3) is 56.4 Å². The molecule has 0 unspecified atom stereocenters. The first-order valence-corrected chi connectivity index (χ1v) is 27.8. The van der Waals surface area contributed by atoms with Gasteiger partial charge in [0, 0.05) is 72.2 Å². The second-order valence-electron chi connectivity index (χ2n) is 18.0. The van der Waals surface area contributed by atoms with Gasteiger partial charge in [-0.3, -0.25) is 39.9 Å². The first-order valence-electron chi connectivity index (χ1n) is 24.9. The van der Waals surface area contributed by atoms with Crippen LogP contribution < -0.4 is 18.9 Å². The van der Waals surface area contributed by atoms with Crippen LogP contribution in [0.3, 0.4) is 0 Å². The zero-order valence-corrected chi connectivity index (χ0v) is 53.7. The van der Waals surface area contributed by atoms with Gasteiger partial charge in [-0.1, -0.05) is 30.3 Å². The summed E-state index contributed by atoms with van der Waals surface area (Å²) in [6, 6.07) is 29.7. The second-order valence-corrected chi connectivity index (χ2v) is 19.5. The zero-order valence-electron chi connectivity index (χ0n) is 46.7. The van der Waals surface area contributed by atoms with Crippen LogP contribution in [0, 0.1) is 74.1 Å². The maximum Gasteiger partial charge on any atom is 0.494 e. The van der Waals surface area contributed by atoms with E-state index in [0.717, 1.165) is 102 Å². The molecule has 0 N–H and O–H groups in total. The van der Waals surface area contributed by atoms with Crippen LogP contribution in [0.4, 0.5) is 8.78 Å². The number of halogens is 2. The molecule has 0 aliphatic rings. The monoisotopic (exact) mass is 1160 g/mol. The van der Waals surface area contributed by atoms with Gasteiger partial charge < -0.3 is 18.9 Å². The summed E-state index contributed by atoms with van der Waals surface area (Å²) in [6.07, 6.45) is 13.6. The highest BCUT2D eigenvalue weighted by Gasteiger charge is 2.16. The molecule has 22 heteroatoms. The fourth-order valence-electron chi connectivity index (χ4n) is 7.95. The quantitative estimate of drug-likeness (QED) is 0.0934. The average Bonchev–Trinajstić information content (AvgIpc) is 3.47. The van der Waals surface area contributed by atoms with Crippen molar-refractivity contribution >= 4 is 83.1 Å². The van der Waals surface area contributed by atoms with Crippen molar-refractivity contribution in [3.8, 4) is 85.2 Å². The first-order chi connectivity index (χ1) is 39.0. The van der Waals surface area contributed by atoms with Crippen molar-refractivity contribution in [3.05, 3.63) is 209 Å². The van der Waals surface area contributed by atoms with E-state index in [1.807, 2.05) is 128 Å². The van der Waals surface area contributed by atoms with Crippen LogP contribution in [0.15, 0.2) is 147 Å². The maximum atomic E-state index is 13.8. The Morgan fingerprint density at radius 2 is 0.864 bits per heavy atom. The molecule has 0 saturated carbocycles. The van der Waals surface area contributed by atoms with Crippen molar-refractivity contribution < 1.29 is 27.7 Å². The summed E-state index contributed by atoms with van der Waals surface area (Å²) in [7, 11) is 0.